The third-order valence-electron chi connectivity index (χ3n) is 9.94. The number of hydrogen-bond donors (Lipinski definition) is 0. The van der Waals surface area contributed by atoms with E-state index in [9.17, 15) is 0 Å². The van der Waals surface area contributed by atoms with Crippen molar-refractivity contribution in [2.45, 2.75) is 129 Å². The Bertz CT molecular complexity index is 1440. The summed E-state index contributed by atoms with van der Waals surface area (Å²) in [5.74, 6) is 2.96. The van der Waals surface area contributed by atoms with E-state index in [1.807, 2.05) is 31.5 Å². The average Bonchev–Trinajstić information content (AvgIpc) is 3.81. The first kappa shape index (κ1) is 33.7. The summed E-state index contributed by atoms with van der Waals surface area (Å²) in [6.45, 7) is 19.1. The molecular formula is C38H54GeS4. The zero-order valence-corrected chi connectivity index (χ0v) is 33.3. The van der Waals surface area contributed by atoms with Crippen LogP contribution in [0.2, 0.25) is 10.5 Å². The molecule has 0 aliphatic carbocycles. The molecule has 0 spiro atoms. The quantitative estimate of drug-likeness (QED) is 0.102. The van der Waals surface area contributed by atoms with Gasteiger partial charge in [-0.15, -0.1) is 0 Å². The van der Waals surface area contributed by atoms with Crippen molar-refractivity contribution in [2.24, 2.45) is 11.8 Å². The van der Waals surface area contributed by atoms with E-state index in [4.69, 9.17) is 0 Å². The van der Waals surface area contributed by atoms with Gasteiger partial charge in [0.15, 0.2) is 0 Å². The van der Waals surface area contributed by atoms with Gasteiger partial charge in [0.05, 0.1) is 0 Å². The second-order valence-corrected chi connectivity index (χ2v) is 26.6. The van der Waals surface area contributed by atoms with Crippen LogP contribution in [-0.4, -0.2) is 13.3 Å². The van der Waals surface area contributed by atoms with Crippen molar-refractivity contribution in [3.05, 3.63) is 46.2 Å². The van der Waals surface area contributed by atoms with Gasteiger partial charge in [-0.3, -0.25) is 0 Å². The molecule has 5 heterocycles. The maximum atomic E-state index is 2.75. The van der Waals surface area contributed by atoms with Gasteiger partial charge in [-0.2, -0.15) is 0 Å². The van der Waals surface area contributed by atoms with Crippen LogP contribution in [0.1, 0.15) is 128 Å². The Kier molecular flexibility index (Phi) is 11.6. The van der Waals surface area contributed by atoms with E-state index >= 15 is 0 Å². The molecule has 0 nitrogen and oxygen atoms in total. The second kappa shape index (κ2) is 14.8. The van der Waals surface area contributed by atoms with Gasteiger partial charge in [0.1, 0.15) is 0 Å². The number of unbranched alkanes of at least 4 members (excludes halogenated alkanes) is 2. The molecular weight excluding hydrogens is 657 g/mol. The standard InChI is InChI=1S/C38H54GeS4/c1-9-13-15-27(11-3)23-39(24-28(12-4)16-14-10-2)29-21-35(26(7)8)42-37(29)38-30(39)22-36(43-38)34-20-19-33(41-34)32-18-17-31(40-32)25(5)6/h17-22,25-28H,9-16,23-24H2,1-8H3. The molecule has 4 aromatic heterocycles. The first-order chi connectivity index (χ1) is 20.7. The summed E-state index contributed by atoms with van der Waals surface area (Å²) in [6, 6.07) is 15.0. The minimum atomic E-state index is -2.64. The van der Waals surface area contributed by atoms with E-state index in [1.54, 1.807) is 14.6 Å². The zero-order chi connectivity index (χ0) is 30.7. The Balaban J connectivity index is 1.61. The monoisotopic (exact) mass is 712 g/mol. The maximum absolute atomic E-state index is 2.75. The Morgan fingerprint density at radius 3 is 1.60 bits per heavy atom. The van der Waals surface area contributed by atoms with Crippen molar-refractivity contribution >= 4 is 67.4 Å². The molecule has 5 rings (SSSR count). The van der Waals surface area contributed by atoms with E-state index in [-0.39, 0.29) is 0 Å². The van der Waals surface area contributed by atoms with Crippen molar-refractivity contribution < 1.29 is 0 Å². The zero-order valence-electron chi connectivity index (χ0n) is 28.0. The van der Waals surface area contributed by atoms with Crippen molar-refractivity contribution in [3.8, 4) is 29.3 Å². The van der Waals surface area contributed by atoms with Crippen molar-refractivity contribution in [2.75, 3.05) is 0 Å². The molecule has 0 saturated heterocycles. The van der Waals surface area contributed by atoms with Crippen LogP contribution < -0.4 is 8.79 Å². The summed E-state index contributed by atoms with van der Waals surface area (Å²) in [5, 5.41) is 3.01. The molecule has 1 aliphatic rings. The Labute approximate surface area is 281 Å². The predicted octanol–water partition coefficient (Wildman–Crippen LogP) is 13.5. The van der Waals surface area contributed by atoms with E-state index in [1.165, 1.54) is 86.3 Å². The molecule has 0 aromatic carbocycles. The summed E-state index contributed by atoms with van der Waals surface area (Å²) < 4.78 is 3.76. The third kappa shape index (κ3) is 7.04. The third-order valence-corrected chi connectivity index (χ3v) is 27.6. The minimum absolute atomic E-state index is 0.600. The van der Waals surface area contributed by atoms with E-state index in [0.717, 1.165) is 11.8 Å². The molecule has 4 aromatic rings. The second-order valence-electron chi connectivity index (χ2n) is 13.7. The molecule has 0 fully saturated rings. The van der Waals surface area contributed by atoms with Gasteiger partial charge in [0.25, 0.3) is 0 Å². The summed E-state index contributed by atoms with van der Waals surface area (Å²) >= 11 is 5.65. The molecule has 2 atom stereocenters. The van der Waals surface area contributed by atoms with Gasteiger partial charge >= 0.3 is 284 Å². The summed E-state index contributed by atoms with van der Waals surface area (Å²) in [5.41, 5.74) is 0. The fraction of sp³-hybridized carbons (Fsp3) is 0.579. The van der Waals surface area contributed by atoms with Crippen LogP contribution in [-0.2, 0) is 0 Å². The van der Waals surface area contributed by atoms with Crippen LogP contribution in [0.25, 0.3) is 29.3 Å². The number of hydrogen-bond acceptors (Lipinski definition) is 4. The molecule has 1 aliphatic heterocycles. The van der Waals surface area contributed by atoms with Gasteiger partial charge < -0.3 is 0 Å². The number of fused-ring (bicyclic) bond motifs is 3. The van der Waals surface area contributed by atoms with Crippen LogP contribution in [0.4, 0.5) is 0 Å². The summed E-state index contributed by atoms with van der Waals surface area (Å²) in [7, 11) is 0. The molecule has 0 saturated carbocycles. The van der Waals surface area contributed by atoms with Crippen molar-refractivity contribution in [1.29, 1.82) is 0 Å². The van der Waals surface area contributed by atoms with E-state index in [2.05, 4.69) is 114 Å². The molecule has 0 amide bonds. The Morgan fingerprint density at radius 2 is 1.07 bits per heavy atom. The Morgan fingerprint density at radius 1 is 0.558 bits per heavy atom. The van der Waals surface area contributed by atoms with Gasteiger partial charge in [-0.25, -0.2) is 0 Å². The molecule has 0 N–H and O–H groups in total. The summed E-state index contributed by atoms with van der Waals surface area (Å²) in [4.78, 5) is 12.4. The predicted molar refractivity (Wildman–Crippen MR) is 204 cm³/mol. The number of thiophene rings is 4. The molecule has 0 bridgehead atoms. The van der Waals surface area contributed by atoms with E-state index < -0.39 is 13.3 Å². The first-order valence-corrected chi connectivity index (χ1v) is 25.6. The van der Waals surface area contributed by atoms with Crippen molar-refractivity contribution in [1.82, 2.24) is 0 Å². The van der Waals surface area contributed by atoms with E-state index in [0.29, 0.717) is 11.8 Å². The first-order valence-electron chi connectivity index (χ1n) is 17.2. The fourth-order valence-corrected chi connectivity index (χ4v) is 28.3. The molecule has 2 unspecified atom stereocenters. The van der Waals surface area contributed by atoms with Gasteiger partial charge in [0, 0.05) is 0 Å². The number of rotatable bonds is 16. The normalized spacial score (nSPS) is 17.6. The van der Waals surface area contributed by atoms with Crippen LogP contribution in [0, 0.1) is 11.8 Å². The molecule has 234 valence electrons. The average molecular weight is 712 g/mol. The molecule has 0 radical (unpaired) electrons. The van der Waals surface area contributed by atoms with Crippen LogP contribution in [0.15, 0.2) is 36.4 Å². The molecule has 5 heteroatoms. The molecule has 43 heavy (non-hydrogen) atoms. The van der Waals surface area contributed by atoms with Gasteiger partial charge in [-0.1, -0.05) is 0 Å². The van der Waals surface area contributed by atoms with Crippen molar-refractivity contribution in [3.63, 3.8) is 0 Å². The fourth-order valence-electron chi connectivity index (χ4n) is 7.19. The van der Waals surface area contributed by atoms with Crippen LogP contribution in [0.3, 0.4) is 0 Å². The Hall–Kier alpha value is -0.657. The topological polar surface area (TPSA) is 0 Å². The van der Waals surface area contributed by atoms with Crippen LogP contribution in [0.5, 0.6) is 0 Å². The van der Waals surface area contributed by atoms with Gasteiger partial charge in [-0.05, 0) is 0 Å². The summed E-state index contributed by atoms with van der Waals surface area (Å²) in [6.07, 6.45) is 10.9. The van der Waals surface area contributed by atoms with Gasteiger partial charge in [0.2, 0.25) is 0 Å². The van der Waals surface area contributed by atoms with Crippen LogP contribution >= 0.6 is 45.3 Å². The SMILES string of the molecule is CCCCC(CC)[CH2][Ge]1([CH2]C(CC)CCCC)[c]2cc(-c3ccc(-c4ccc(C(C)C)s4)s3)sc2-c2sc(C(C)C)c[c]21.